The molecule has 2 amide bonds. The number of ether oxygens (including phenoxy) is 1. The van der Waals surface area contributed by atoms with Crippen molar-refractivity contribution in [2.45, 2.75) is 6.36 Å². The second-order valence-corrected chi connectivity index (χ2v) is 3.87. The van der Waals surface area contributed by atoms with Crippen molar-refractivity contribution >= 4 is 11.7 Å². The summed E-state index contributed by atoms with van der Waals surface area (Å²) >= 11 is 0. The maximum Gasteiger partial charge on any atom is 0.573 e. The lowest BCUT2D eigenvalue weighted by Crippen LogP contribution is -2.30. The molecule has 0 bridgehead atoms. The first-order valence-corrected chi connectivity index (χ1v) is 5.26. The van der Waals surface area contributed by atoms with Crippen LogP contribution in [0.25, 0.3) is 0 Å². The number of rotatable bonds is 2. The first kappa shape index (κ1) is 12.5. The van der Waals surface area contributed by atoms with Gasteiger partial charge in [-0.2, -0.15) is 0 Å². The monoisotopic (exact) mass is 260 g/mol. The molecule has 98 valence electrons. The minimum atomic E-state index is -4.77. The van der Waals surface area contributed by atoms with E-state index >= 15 is 0 Å². The van der Waals surface area contributed by atoms with E-state index in [0.717, 1.165) is 0 Å². The van der Waals surface area contributed by atoms with Crippen LogP contribution in [0.4, 0.5) is 23.7 Å². The Labute approximate surface area is 102 Å². The number of urea groups is 1. The van der Waals surface area contributed by atoms with Crippen LogP contribution in [-0.4, -0.2) is 37.4 Å². The van der Waals surface area contributed by atoms with E-state index in [1.165, 1.54) is 28.0 Å². The standard InChI is InChI=1S/C11H11F3N2O2/c1-15-6-7-16(10(15)17)8-4-2-3-5-9(8)18-11(12,13)14/h2-5H,6-7H2,1H3. The summed E-state index contributed by atoms with van der Waals surface area (Å²) < 4.78 is 40.7. The van der Waals surface area contributed by atoms with E-state index in [0.29, 0.717) is 13.1 Å². The van der Waals surface area contributed by atoms with Crippen molar-refractivity contribution in [3.05, 3.63) is 24.3 Å². The summed E-state index contributed by atoms with van der Waals surface area (Å²) in [6.45, 7) is 0.812. The number of amides is 2. The normalized spacial score (nSPS) is 16.3. The van der Waals surface area contributed by atoms with Gasteiger partial charge in [-0.3, -0.25) is 4.90 Å². The zero-order valence-electron chi connectivity index (χ0n) is 9.57. The van der Waals surface area contributed by atoms with Gasteiger partial charge in [0.2, 0.25) is 0 Å². The third-order valence-electron chi connectivity index (χ3n) is 2.60. The molecule has 1 heterocycles. The van der Waals surface area contributed by atoms with Gasteiger partial charge in [0, 0.05) is 20.1 Å². The van der Waals surface area contributed by atoms with Gasteiger partial charge in [0.05, 0.1) is 5.69 Å². The van der Waals surface area contributed by atoms with E-state index < -0.39 is 6.36 Å². The summed E-state index contributed by atoms with van der Waals surface area (Å²) in [7, 11) is 1.59. The number of hydrogen-bond donors (Lipinski definition) is 0. The number of halogens is 3. The van der Waals surface area contributed by atoms with Gasteiger partial charge in [0.15, 0.2) is 5.75 Å². The molecule has 0 N–H and O–H groups in total. The predicted octanol–water partition coefficient (Wildman–Crippen LogP) is 2.46. The van der Waals surface area contributed by atoms with E-state index in [9.17, 15) is 18.0 Å². The fourth-order valence-corrected chi connectivity index (χ4v) is 1.76. The third-order valence-corrected chi connectivity index (χ3v) is 2.60. The van der Waals surface area contributed by atoms with Crippen molar-refractivity contribution in [2.24, 2.45) is 0 Å². The molecule has 0 radical (unpaired) electrons. The van der Waals surface area contributed by atoms with Gasteiger partial charge < -0.3 is 9.64 Å². The second kappa shape index (κ2) is 4.40. The molecule has 0 saturated carbocycles. The zero-order valence-corrected chi connectivity index (χ0v) is 9.57. The smallest absolute Gasteiger partial charge is 0.404 e. The van der Waals surface area contributed by atoms with Crippen LogP contribution in [-0.2, 0) is 0 Å². The van der Waals surface area contributed by atoms with Gasteiger partial charge >= 0.3 is 12.4 Å². The summed E-state index contributed by atoms with van der Waals surface area (Å²) in [5.41, 5.74) is 0.129. The van der Waals surface area contributed by atoms with Crippen LogP contribution in [0.1, 0.15) is 0 Å². The van der Waals surface area contributed by atoms with Crippen molar-refractivity contribution in [1.29, 1.82) is 0 Å². The lowest BCUT2D eigenvalue weighted by atomic mass is 10.2. The summed E-state index contributed by atoms with van der Waals surface area (Å²) in [5.74, 6) is -0.367. The number of likely N-dealkylation sites (N-methyl/N-ethyl adjacent to an activating group) is 1. The Kier molecular flexibility index (Phi) is 3.06. The molecule has 1 saturated heterocycles. The number of benzene rings is 1. The zero-order chi connectivity index (χ0) is 13.3. The molecule has 1 aliphatic rings. The number of nitrogens with zero attached hydrogens (tertiary/aromatic N) is 2. The quantitative estimate of drug-likeness (QED) is 0.818. The average Bonchev–Trinajstić information content (AvgIpc) is 2.59. The Balaban J connectivity index is 2.31. The minimum absolute atomic E-state index is 0.129. The largest absolute Gasteiger partial charge is 0.573 e. The molecule has 0 unspecified atom stereocenters. The third kappa shape index (κ3) is 2.49. The maximum atomic E-state index is 12.2. The van der Waals surface area contributed by atoms with E-state index in [1.807, 2.05) is 0 Å². The van der Waals surface area contributed by atoms with E-state index in [4.69, 9.17) is 0 Å². The van der Waals surface area contributed by atoms with E-state index in [-0.39, 0.29) is 17.5 Å². The molecule has 0 atom stereocenters. The topological polar surface area (TPSA) is 32.8 Å². The average molecular weight is 260 g/mol. The Hall–Kier alpha value is -1.92. The van der Waals surface area contributed by atoms with Crippen molar-refractivity contribution in [3.63, 3.8) is 0 Å². The molecule has 4 nitrogen and oxygen atoms in total. The van der Waals surface area contributed by atoms with Crippen LogP contribution in [0.2, 0.25) is 0 Å². The molecule has 0 aromatic heterocycles. The van der Waals surface area contributed by atoms with Crippen LogP contribution in [0.5, 0.6) is 5.75 Å². The van der Waals surface area contributed by atoms with Crippen molar-refractivity contribution in [1.82, 2.24) is 4.90 Å². The lowest BCUT2D eigenvalue weighted by molar-refractivity contribution is -0.274. The molecule has 2 rings (SSSR count). The van der Waals surface area contributed by atoms with Crippen LogP contribution in [0.15, 0.2) is 24.3 Å². The van der Waals surface area contributed by atoms with Gasteiger partial charge in [-0.15, -0.1) is 13.2 Å². The highest BCUT2D eigenvalue weighted by Gasteiger charge is 2.35. The SMILES string of the molecule is CN1CCN(c2ccccc2OC(F)(F)F)C1=O. The van der Waals surface area contributed by atoms with Gasteiger partial charge in [-0.25, -0.2) is 4.79 Å². The van der Waals surface area contributed by atoms with Gasteiger partial charge in [-0.05, 0) is 12.1 Å². The van der Waals surface area contributed by atoms with Crippen molar-refractivity contribution in [2.75, 3.05) is 25.0 Å². The van der Waals surface area contributed by atoms with Crippen LogP contribution in [0.3, 0.4) is 0 Å². The van der Waals surface area contributed by atoms with E-state index in [2.05, 4.69) is 4.74 Å². The summed E-state index contributed by atoms with van der Waals surface area (Å²) in [6.07, 6.45) is -4.77. The van der Waals surface area contributed by atoms with Gasteiger partial charge in [-0.1, -0.05) is 12.1 Å². The first-order chi connectivity index (χ1) is 8.38. The molecule has 1 aromatic carbocycles. The summed E-state index contributed by atoms with van der Waals surface area (Å²) in [5, 5.41) is 0. The van der Waals surface area contributed by atoms with Crippen LogP contribution < -0.4 is 9.64 Å². The van der Waals surface area contributed by atoms with Crippen LogP contribution >= 0.6 is 0 Å². The molecule has 1 aliphatic heterocycles. The fourth-order valence-electron chi connectivity index (χ4n) is 1.76. The Morgan fingerprint density at radius 3 is 2.44 bits per heavy atom. The number of anilines is 1. The highest BCUT2D eigenvalue weighted by molar-refractivity contribution is 5.95. The minimum Gasteiger partial charge on any atom is -0.404 e. The molecule has 7 heteroatoms. The van der Waals surface area contributed by atoms with Gasteiger partial charge in [0.25, 0.3) is 0 Å². The maximum absolute atomic E-state index is 12.2. The van der Waals surface area contributed by atoms with Crippen molar-refractivity contribution < 1.29 is 22.7 Å². The molecule has 18 heavy (non-hydrogen) atoms. The molecule has 0 aliphatic carbocycles. The molecule has 1 aromatic rings. The van der Waals surface area contributed by atoms with E-state index in [1.54, 1.807) is 13.1 Å². The summed E-state index contributed by atoms with van der Waals surface area (Å²) in [6, 6.07) is 5.26. The fraction of sp³-hybridized carbons (Fsp3) is 0.364. The van der Waals surface area contributed by atoms with Gasteiger partial charge in [0.1, 0.15) is 0 Å². The molecule has 1 fully saturated rings. The molecule has 0 spiro atoms. The number of alkyl halides is 3. The highest BCUT2D eigenvalue weighted by atomic mass is 19.4. The number of carbonyl (C=O) groups is 1. The second-order valence-electron chi connectivity index (χ2n) is 3.87. The predicted molar refractivity (Wildman–Crippen MR) is 58.5 cm³/mol. The lowest BCUT2D eigenvalue weighted by Gasteiger charge is -2.20. The Morgan fingerprint density at radius 2 is 1.89 bits per heavy atom. The number of carbonyl (C=O) groups excluding carboxylic acids is 1. The molecular weight excluding hydrogens is 249 g/mol. The highest BCUT2D eigenvalue weighted by Crippen LogP contribution is 2.34. The Morgan fingerprint density at radius 1 is 1.22 bits per heavy atom. The molecular formula is C11H11F3N2O2. The van der Waals surface area contributed by atoms with Crippen LogP contribution in [0, 0.1) is 0 Å². The number of para-hydroxylation sites is 2. The number of hydrogen-bond acceptors (Lipinski definition) is 2. The first-order valence-electron chi connectivity index (χ1n) is 5.26. The van der Waals surface area contributed by atoms with Crippen molar-refractivity contribution in [3.8, 4) is 5.75 Å². The summed E-state index contributed by atoms with van der Waals surface area (Å²) in [4.78, 5) is 14.4. The Bertz CT molecular complexity index is 462.